The lowest BCUT2D eigenvalue weighted by molar-refractivity contribution is -0.129. The highest BCUT2D eigenvalue weighted by atomic mass is 16.2. The van der Waals surface area contributed by atoms with Gasteiger partial charge in [0.15, 0.2) is 0 Å². The van der Waals surface area contributed by atoms with Gasteiger partial charge in [0, 0.05) is 26.6 Å². The number of amidine groups is 1. The van der Waals surface area contributed by atoms with Crippen LogP contribution in [0.15, 0.2) is 0 Å². The zero-order chi connectivity index (χ0) is 9.84. The summed E-state index contributed by atoms with van der Waals surface area (Å²) >= 11 is 0. The van der Waals surface area contributed by atoms with E-state index in [0.717, 1.165) is 19.5 Å². The summed E-state index contributed by atoms with van der Waals surface area (Å²) in [7, 11) is 1.82. The molecule has 0 aromatic heterocycles. The first-order valence-electron chi connectivity index (χ1n) is 4.71. The van der Waals surface area contributed by atoms with Gasteiger partial charge in [0.1, 0.15) is 0 Å². The van der Waals surface area contributed by atoms with Crippen molar-refractivity contribution in [2.24, 2.45) is 0 Å². The third-order valence-electron chi connectivity index (χ3n) is 2.39. The molecule has 0 aromatic carbocycles. The van der Waals surface area contributed by atoms with Gasteiger partial charge in [0.05, 0.1) is 12.4 Å². The molecule has 13 heavy (non-hydrogen) atoms. The number of nitrogens with one attached hydrogen (secondary N) is 1. The maximum atomic E-state index is 11.4. The van der Waals surface area contributed by atoms with Crippen LogP contribution in [0.3, 0.4) is 0 Å². The van der Waals surface area contributed by atoms with E-state index in [2.05, 4.69) is 0 Å². The van der Waals surface area contributed by atoms with Gasteiger partial charge < -0.3 is 9.80 Å². The van der Waals surface area contributed by atoms with Crippen molar-refractivity contribution < 1.29 is 4.79 Å². The highest BCUT2D eigenvalue weighted by Crippen LogP contribution is 2.04. The SMILES string of the molecule is CCC(=N)N1CCCN(C)C(=O)C1. The predicted octanol–water partition coefficient (Wildman–Crippen LogP) is 0.538. The molecule has 0 unspecified atom stereocenters. The van der Waals surface area contributed by atoms with Gasteiger partial charge in [-0.25, -0.2) is 0 Å². The summed E-state index contributed by atoms with van der Waals surface area (Å²) in [5.74, 6) is 0.694. The van der Waals surface area contributed by atoms with Crippen LogP contribution in [0.2, 0.25) is 0 Å². The number of carbonyl (C=O) groups is 1. The number of hydrogen-bond donors (Lipinski definition) is 1. The maximum absolute atomic E-state index is 11.4. The minimum atomic E-state index is 0.121. The van der Waals surface area contributed by atoms with Gasteiger partial charge in [0.2, 0.25) is 5.91 Å². The lowest BCUT2D eigenvalue weighted by Gasteiger charge is -2.21. The summed E-state index contributed by atoms with van der Waals surface area (Å²) in [6.45, 7) is 3.97. The van der Waals surface area contributed by atoms with Gasteiger partial charge in [-0.1, -0.05) is 6.92 Å². The van der Waals surface area contributed by atoms with Crippen LogP contribution in [0.1, 0.15) is 19.8 Å². The first kappa shape index (κ1) is 10.0. The third kappa shape index (κ3) is 2.44. The van der Waals surface area contributed by atoms with E-state index in [1.807, 2.05) is 18.9 Å². The van der Waals surface area contributed by atoms with Gasteiger partial charge in [0.25, 0.3) is 0 Å². The molecule has 1 fully saturated rings. The average molecular weight is 183 g/mol. The van der Waals surface area contributed by atoms with Crippen LogP contribution in [0.4, 0.5) is 0 Å². The number of carbonyl (C=O) groups excluding carboxylic acids is 1. The van der Waals surface area contributed by atoms with Crippen molar-refractivity contribution >= 4 is 11.7 Å². The molecule has 1 saturated heterocycles. The Hall–Kier alpha value is -1.06. The van der Waals surface area contributed by atoms with Crippen LogP contribution < -0.4 is 0 Å². The topological polar surface area (TPSA) is 47.4 Å². The Kier molecular flexibility index (Phi) is 3.28. The van der Waals surface area contributed by atoms with Crippen molar-refractivity contribution in [2.75, 3.05) is 26.7 Å². The number of amides is 1. The van der Waals surface area contributed by atoms with Crippen LogP contribution in [0.25, 0.3) is 0 Å². The van der Waals surface area contributed by atoms with Crippen LogP contribution in [0, 0.1) is 5.41 Å². The maximum Gasteiger partial charge on any atom is 0.241 e. The Morgan fingerprint density at radius 1 is 1.54 bits per heavy atom. The Morgan fingerprint density at radius 3 is 2.85 bits per heavy atom. The van der Waals surface area contributed by atoms with E-state index in [4.69, 9.17) is 5.41 Å². The molecule has 0 bridgehead atoms. The highest BCUT2D eigenvalue weighted by molar-refractivity contribution is 5.86. The van der Waals surface area contributed by atoms with Gasteiger partial charge in [-0.3, -0.25) is 10.2 Å². The van der Waals surface area contributed by atoms with Gasteiger partial charge in [-0.15, -0.1) is 0 Å². The van der Waals surface area contributed by atoms with E-state index in [0.29, 0.717) is 18.8 Å². The molecule has 74 valence electrons. The molecule has 0 radical (unpaired) electrons. The van der Waals surface area contributed by atoms with E-state index in [1.165, 1.54) is 0 Å². The van der Waals surface area contributed by atoms with Crippen LogP contribution in [0.5, 0.6) is 0 Å². The number of nitrogens with zero attached hydrogens (tertiary/aromatic N) is 2. The normalized spacial score (nSPS) is 18.8. The first-order chi connectivity index (χ1) is 6.15. The van der Waals surface area contributed by atoms with E-state index in [1.54, 1.807) is 4.90 Å². The number of likely N-dealkylation sites (N-methyl/N-ethyl adjacent to an activating group) is 1. The zero-order valence-corrected chi connectivity index (χ0v) is 8.34. The first-order valence-corrected chi connectivity index (χ1v) is 4.71. The molecule has 0 aliphatic carbocycles. The third-order valence-corrected chi connectivity index (χ3v) is 2.39. The lowest BCUT2D eigenvalue weighted by atomic mass is 10.3. The largest absolute Gasteiger partial charge is 0.351 e. The van der Waals surface area contributed by atoms with Gasteiger partial charge >= 0.3 is 0 Å². The highest BCUT2D eigenvalue weighted by Gasteiger charge is 2.19. The fourth-order valence-corrected chi connectivity index (χ4v) is 1.44. The Labute approximate surface area is 79.0 Å². The van der Waals surface area contributed by atoms with Crippen molar-refractivity contribution in [3.63, 3.8) is 0 Å². The molecular formula is C9H17N3O. The molecule has 0 saturated carbocycles. The van der Waals surface area contributed by atoms with Crippen molar-refractivity contribution in [3.8, 4) is 0 Å². The van der Waals surface area contributed by atoms with Crippen molar-refractivity contribution in [2.45, 2.75) is 19.8 Å². The fraction of sp³-hybridized carbons (Fsp3) is 0.778. The van der Waals surface area contributed by atoms with Gasteiger partial charge in [-0.05, 0) is 6.42 Å². The second-order valence-corrected chi connectivity index (χ2v) is 3.39. The molecule has 1 amide bonds. The quantitative estimate of drug-likeness (QED) is 0.476. The summed E-state index contributed by atoms with van der Waals surface area (Å²) < 4.78 is 0. The second kappa shape index (κ2) is 4.25. The molecular weight excluding hydrogens is 166 g/mol. The Balaban J connectivity index is 2.59. The fourth-order valence-electron chi connectivity index (χ4n) is 1.44. The van der Waals surface area contributed by atoms with Crippen molar-refractivity contribution in [1.29, 1.82) is 5.41 Å². The minimum absolute atomic E-state index is 0.121. The van der Waals surface area contributed by atoms with E-state index in [-0.39, 0.29) is 5.91 Å². The van der Waals surface area contributed by atoms with Crippen molar-refractivity contribution in [3.05, 3.63) is 0 Å². The molecule has 4 heteroatoms. The van der Waals surface area contributed by atoms with Crippen LogP contribution in [-0.4, -0.2) is 48.2 Å². The molecule has 0 spiro atoms. The predicted molar refractivity (Wildman–Crippen MR) is 51.8 cm³/mol. The molecule has 1 aliphatic heterocycles. The zero-order valence-electron chi connectivity index (χ0n) is 8.34. The summed E-state index contributed by atoms with van der Waals surface area (Å²) in [6.07, 6.45) is 1.67. The summed E-state index contributed by atoms with van der Waals surface area (Å²) in [5, 5.41) is 7.64. The molecule has 0 aromatic rings. The molecule has 1 heterocycles. The van der Waals surface area contributed by atoms with E-state index in [9.17, 15) is 4.79 Å². The minimum Gasteiger partial charge on any atom is -0.351 e. The van der Waals surface area contributed by atoms with Gasteiger partial charge in [-0.2, -0.15) is 0 Å². The summed E-state index contributed by atoms with van der Waals surface area (Å²) in [6, 6.07) is 0. The number of rotatable bonds is 1. The summed E-state index contributed by atoms with van der Waals surface area (Å²) in [4.78, 5) is 15.0. The standard InChI is InChI=1S/C9H17N3O/c1-3-8(10)12-6-4-5-11(2)9(13)7-12/h10H,3-7H2,1-2H3. The molecule has 1 aliphatic rings. The Morgan fingerprint density at radius 2 is 2.23 bits per heavy atom. The van der Waals surface area contributed by atoms with Crippen LogP contribution >= 0.6 is 0 Å². The smallest absolute Gasteiger partial charge is 0.241 e. The monoisotopic (exact) mass is 183 g/mol. The summed E-state index contributed by atoms with van der Waals surface area (Å²) in [5.41, 5.74) is 0. The Bertz CT molecular complexity index is 215. The van der Waals surface area contributed by atoms with E-state index < -0.39 is 0 Å². The number of hydrogen-bond acceptors (Lipinski definition) is 2. The molecule has 1 N–H and O–H groups in total. The van der Waals surface area contributed by atoms with E-state index >= 15 is 0 Å². The molecule has 0 atom stereocenters. The lowest BCUT2D eigenvalue weighted by Crippen LogP contribution is -2.37. The second-order valence-electron chi connectivity index (χ2n) is 3.39. The van der Waals surface area contributed by atoms with Crippen molar-refractivity contribution in [1.82, 2.24) is 9.80 Å². The average Bonchev–Trinajstić information content (AvgIpc) is 2.28. The molecule has 1 rings (SSSR count). The molecule has 4 nitrogen and oxygen atoms in total. The van der Waals surface area contributed by atoms with Crippen LogP contribution in [-0.2, 0) is 4.79 Å².